The average molecular weight is 393 g/mol. The van der Waals surface area contributed by atoms with Crippen LogP contribution in [0.3, 0.4) is 0 Å². The number of anilines is 2. The molecule has 2 unspecified atom stereocenters. The molecule has 24 heavy (non-hydrogen) atoms. The predicted octanol–water partition coefficient (Wildman–Crippen LogP) is 1.04. The lowest BCUT2D eigenvalue weighted by molar-refractivity contribution is -0.125. The number of nitrogens with one attached hydrogen (secondary N) is 2. The monoisotopic (exact) mass is 393 g/mol. The second-order valence-corrected chi connectivity index (χ2v) is 7.28. The number of aromatic hydroxyl groups is 1. The highest BCUT2D eigenvalue weighted by Gasteiger charge is 2.22. The van der Waals surface area contributed by atoms with Crippen LogP contribution < -0.4 is 9.44 Å². The minimum atomic E-state index is -2.44. The normalized spacial score (nSPS) is 19.2. The highest BCUT2D eigenvalue weighted by molar-refractivity contribution is 8.04. The standard InChI is InChI=1S/C12H15N3O6S3/c1-15-2-3-22-11(12(15)17)6-8-9(13-23(18)19)4-7(16)5-10(8)14-24(20)21/h4-6,13-14,16H,2-3H2,1H3,(H,18,19)(H,20,21). The molecule has 9 nitrogen and oxygen atoms in total. The Hall–Kier alpha value is -1.60. The molecule has 132 valence electrons. The summed E-state index contributed by atoms with van der Waals surface area (Å²) in [6.07, 6.45) is 1.44. The number of likely N-dealkylation sites (N-methyl/N-ethyl adjacent to an activating group) is 1. The smallest absolute Gasteiger partial charge is 0.260 e. The minimum absolute atomic E-state index is 0.0258. The number of amides is 1. The Morgan fingerprint density at radius 2 is 1.75 bits per heavy atom. The van der Waals surface area contributed by atoms with Gasteiger partial charge in [0, 0.05) is 37.0 Å². The Kier molecular flexibility index (Phi) is 6.23. The topological polar surface area (TPSA) is 139 Å². The van der Waals surface area contributed by atoms with Gasteiger partial charge in [-0.05, 0) is 6.08 Å². The first-order valence-corrected chi connectivity index (χ1v) is 9.70. The van der Waals surface area contributed by atoms with Crippen LogP contribution in [0, 0.1) is 0 Å². The molecule has 0 radical (unpaired) electrons. The van der Waals surface area contributed by atoms with Gasteiger partial charge in [0.25, 0.3) is 28.4 Å². The molecule has 1 aromatic carbocycles. The van der Waals surface area contributed by atoms with Crippen LogP contribution in [0.15, 0.2) is 17.0 Å². The molecule has 1 aliphatic rings. The van der Waals surface area contributed by atoms with Gasteiger partial charge in [-0.25, -0.2) is 8.42 Å². The molecule has 2 atom stereocenters. The number of phenolic OH excluding ortho intramolecular Hbond substituents is 1. The quantitative estimate of drug-likeness (QED) is 0.372. The third kappa shape index (κ3) is 4.70. The van der Waals surface area contributed by atoms with Gasteiger partial charge in [-0.2, -0.15) is 0 Å². The molecule has 0 spiro atoms. The van der Waals surface area contributed by atoms with E-state index < -0.39 is 22.5 Å². The van der Waals surface area contributed by atoms with Gasteiger partial charge < -0.3 is 10.0 Å². The fourth-order valence-corrected chi connectivity index (χ4v) is 3.81. The number of benzene rings is 1. The third-order valence-electron chi connectivity index (χ3n) is 3.08. The molecule has 12 heteroatoms. The molecule has 0 bridgehead atoms. The van der Waals surface area contributed by atoms with Crippen molar-refractivity contribution in [1.29, 1.82) is 0 Å². The largest absolute Gasteiger partial charge is 0.508 e. The van der Waals surface area contributed by atoms with E-state index in [0.717, 1.165) is 0 Å². The van der Waals surface area contributed by atoms with Crippen LogP contribution in [0.5, 0.6) is 5.75 Å². The number of thioether (sulfide) groups is 1. The van der Waals surface area contributed by atoms with Crippen molar-refractivity contribution in [2.24, 2.45) is 0 Å². The van der Waals surface area contributed by atoms with Crippen molar-refractivity contribution in [3.05, 3.63) is 22.6 Å². The Bertz CT molecular complexity index is 702. The summed E-state index contributed by atoms with van der Waals surface area (Å²) in [6, 6.07) is 2.35. The van der Waals surface area contributed by atoms with Crippen LogP contribution in [-0.4, -0.2) is 52.8 Å². The molecule has 1 saturated heterocycles. The van der Waals surface area contributed by atoms with E-state index >= 15 is 0 Å². The van der Waals surface area contributed by atoms with Crippen LogP contribution in [0.4, 0.5) is 11.4 Å². The third-order valence-corrected chi connectivity index (χ3v) is 4.86. The number of phenols is 1. The average Bonchev–Trinajstić information content (AvgIpc) is 2.45. The van der Waals surface area contributed by atoms with Crippen molar-refractivity contribution < 1.29 is 27.4 Å². The van der Waals surface area contributed by atoms with Crippen LogP contribution in [-0.2, 0) is 27.3 Å². The summed E-state index contributed by atoms with van der Waals surface area (Å²) < 4.78 is 44.6. The highest BCUT2D eigenvalue weighted by Crippen LogP contribution is 2.35. The van der Waals surface area contributed by atoms with Gasteiger partial charge in [-0.15, -0.1) is 11.8 Å². The molecule has 1 heterocycles. The summed E-state index contributed by atoms with van der Waals surface area (Å²) in [5.74, 6) is 0.152. The van der Waals surface area contributed by atoms with E-state index in [2.05, 4.69) is 9.44 Å². The fourth-order valence-electron chi connectivity index (χ4n) is 2.03. The minimum Gasteiger partial charge on any atom is -0.508 e. The summed E-state index contributed by atoms with van der Waals surface area (Å²) in [5, 5.41) is 9.70. The number of hydrogen-bond acceptors (Lipinski definition) is 5. The van der Waals surface area contributed by atoms with Crippen LogP contribution in [0.1, 0.15) is 5.56 Å². The number of rotatable bonds is 5. The second kappa shape index (κ2) is 7.98. The lowest BCUT2D eigenvalue weighted by atomic mass is 10.1. The van der Waals surface area contributed by atoms with Gasteiger partial charge in [-0.1, -0.05) is 0 Å². The maximum atomic E-state index is 12.2. The Labute approximate surface area is 147 Å². The Balaban J connectivity index is 2.57. The second-order valence-electron chi connectivity index (χ2n) is 4.74. The lowest BCUT2D eigenvalue weighted by Crippen LogP contribution is -2.33. The predicted molar refractivity (Wildman–Crippen MR) is 95.0 cm³/mol. The maximum absolute atomic E-state index is 12.2. The highest BCUT2D eigenvalue weighted by atomic mass is 32.2. The van der Waals surface area contributed by atoms with Crippen LogP contribution in [0.25, 0.3) is 6.08 Å². The van der Waals surface area contributed by atoms with E-state index in [9.17, 15) is 18.3 Å². The molecule has 0 saturated carbocycles. The lowest BCUT2D eigenvalue weighted by Gasteiger charge is -2.24. The van der Waals surface area contributed by atoms with E-state index in [-0.39, 0.29) is 28.6 Å². The molecule has 1 amide bonds. The van der Waals surface area contributed by atoms with Gasteiger partial charge in [-0.3, -0.25) is 23.3 Å². The maximum Gasteiger partial charge on any atom is 0.260 e. The van der Waals surface area contributed by atoms with Crippen molar-refractivity contribution in [3.63, 3.8) is 0 Å². The molecule has 0 aliphatic carbocycles. The van der Waals surface area contributed by atoms with Crippen molar-refractivity contribution in [2.45, 2.75) is 0 Å². The van der Waals surface area contributed by atoms with Crippen molar-refractivity contribution in [1.82, 2.24) is 4.90 Å². The number of nitrogens with zero attached hydrogens (tertiary/aromatic N) is 1. The van der Waals surface area contributed by atoms with E-state index in [1.54, 1.807) is 7.05 Å². The van der Waals surface area contributed by atoms with Gasteiger partial charge in [0.1, 0.15) is 5.75 Å². The summed E-state index contributed by atoms with van der Waals surface area (Å²) in [4.78, 5) is 14.1. The van der Waals surface area contributed by atoms with E-state index in [0.29, 0.717) is 17.2 Å². The fraction of sp³-hybridized carbons (Fsp3) is 0.250. The molecular formula is C12H15N3O6S3. The first-order valence-electron chi connectivity index (χ1n) is 6.50. The van der Waals surface area contributed by atoms with Crippen LogP contribution >= 0.6 is 11.8 Å². The van der Waals surface area contributed by atoms with Crippen molar-refractivity contribution in [2.75, 3.05) is 28.8 Å². The first-order chi connectivity index (χ1) is 11.3. The van der Waals surface area contributed by atoms with Crippen LogP contribution in [0.2, 0.25) is 0 Å². The van der Waals surface area contributed by atoms with Crippen molar-refractivity contribution >= 4 is 57.7 Å². The van der Waals surface area contributed by atoms with Gasteiger partial charge >= 0.3 is 0 Å². The van der Waals surface area contributed by atoms with E-state index in [1.165, 1.54) is 34.9 Å². The van der Waals surface area contributed by atoms with E-state index in [4.69, 9.17) is 9.11 Å². The summed E-state index contributed by atoms with van der Waals surface area (Å²) in [6.45, 7) is 0.591. The molecule has 5 N–H and O–H groups in total. The summed E-state index contributed by atoms with van der Waals surface area (Å²) >= 11 is -3.57. The number of carbonyl (C=O) groups excluding carboxylic acids is 1. The molecule has 1 aliphatic heterocycles. The van der Waals surface area contributed by atoms with Crippen molar-refractivity contribution in [3.8, 4) is 5.75 Å². The number of carbonyl (C=O) groups is 1. The zero-order valence-electron chi connectivity index (χ0n) is 12.4. The molecular weight excluding hydrogens is 378 g/mol. The SMILES string of the molecule is CN1CCSC(=Cc2c(NS(=O)O)cc(O)cc2NS(=O)O)C1=O. The summed E-state index contributed by atoms with van der Waals surface area (Å²) in [7, 11) is 1.65. The first kappa shape index (κ1) is 18.7. The zero-order valence-corrected chi connectivity index (χ0v) is 14.8. The van der Waals surface area contributed by atoms with Gasteiger partial charge in [0.15, 0.2) is 0 Å². The Morgan fingerprint density at radius 3 is 2.25 bits per heavy atom. The zero-order chi connectivity index (χ0) is 17.9. The van der Waals surface area contributed by atoms with Gasteiger partial charge in [0.05, 0.1) is 16.3 Å². The van der Waals surface area contributed by atoms with E-state index in [1.807, 2.05) is 0 Å². The molecule has 1 fully saturated rings. The number of hydrogen-bond donors (Lipinski definition) is 5. The molecule has 1 aromatic rings. The molecule has 2 rings (SSSR count). The summed E-state index contributed by atoms with van der Waals surface area (Å²) in [5.41, 5.74) is 0.250. The Morgan fingerprint density at radius 1 is 1.21 bits per heavy atom. The molecule has 0 aromatic heterocycles. The van der Waals surface area contributed by atoms with Gasteiger partial charge in [0.2, 0.25) is 0 Å².